The minimum Gasteiger partial charge on any atom is -0.481 e. The molecule has 8 heteroatoms. The molecule has 0 bridgehead atoms. The number of aliphatic carboxylic acids is 1. The van der Waals surface area contributed by atoms with Crippen molar-refractivity contribution in [1.29, 1.82) is 0 Å². The van der Waals surface area contributed by atoms with Gasteiger partial charge in [0.25, 0.3) is 0 Å². The Kier molecular flexibility index (Phi) is 4.62. The number of aromatic nitrogens is 1. The number of hydrogen-bond donors (Lipinski definition) is 1. The van der Waals surface area contributed by atoms with E-state index in [-0.39, 0.29) is 30.0 Å². The Morgan fingerprint density at radius 1 is 1.12 bits per heavy atom. The topological polar surface area (TPSA) is 62.7 Å². The second-order valence-corrected chi connectivity index (χ2v) is 9.15. The van der Waals surface area contributed by atoms with E-state index in [0.29, 0.717) is 18.8 Å². The van der Waals surface area contributed by atoms with Gasteiger partial charge in [0.15, 0.2) is 0 Å². The van der Waals surface area contributed by atoms with Crippen LogP contribution in [0, 0.1) is 11.8 Å². The molecule has 2 heterocycles. The molecule has 0 saturated heterocycles. The normalized spacial score (nSPS) is 22.2. The molecule has 3 aliphatic rings. The van der Waals surface area contributed by atoms with E-state index < -0.39 is 17.7 Å². The van der Waals surface area contributed by atoms with E-state index in [2.05, 4.69) is 4.98 Å². The lowest BCUT2D eigenvalue weighted by Gasteiger charge is -2.24. The number of carbonyl (C=O) groups is 1. The Bertz CT molecular complexity index is 1310. The van der Waals surface area contributed by atoms with Crippen molar-refractivity contribution in [1.82, 2.24) is 4.98 Å². The van der Waals surface area contributed by atoms with E-state index in [1.807, 2.05) is 24.3 Å². The number of fused-ring (bicyclic) bond motifs is 4. The third-order valence-electron chi connectivity index (χ3n) is 7.20. The molecular formula is C26H21F3N2O3. The predicted octanol–water partition coefficient (Wildman–Crippen LogP) is 5.34. The molecule has 1 aliphatic heterocycles. The molecule has 174 valence electrons. The molecule has 1 fully saturated rings. The average molecular weight is 466 g/mol. The van der Waals surface area contributed by atoms with Gasteiger partial charge in [-0.3, -0.25) is 4.79 Å². The zero-order valence-electron chi connectivity index (χ0n) is 18.0. The molecule has 1 saturated carbocycles. The van der Waals surface area contributed by atoms with Crippen molar-refractivity contribution in [3.63, 3.8) is 0 Å². The van der Waals surface area contributed by atoms with Crippen molar-refractivity contribution in [2.75, 3.05) is 11.4 Å². The number of pyridine rings is 1. The maximum atomic E-state index is 13.6. The van der Waals surface area contributed by atoms with Gasteiger partial charge in [-0.05, 0) is 59.2 Å². The van der Waals surface area contributed by atoms with Crippen LogP contribution in [-0.4, -0.2) is 22.6 Å². The van der Waals surface area contributed by atoms with Crippen molar-refractivity contribution >= 4 is 17.3 Å². The smallest absolute Gasteiger partial charge is 0.418 e. The Hall–Kier alpha value is -3.55. The number of carboxylic acids is 1. The summed E-state index contributed by atoms with van der Waals surface area (Å²) in [6.45, 7) is 0.719. The molecule has 0 radical (unpaired) electrons. The summed E-state index contributed by atoms with van der Waals surface area (Å²) >= 11 is 0. The van der Waals surface area contributed by atoms with Crippen LogP contribution in [0.1, 0.15) is 33.7 Å². The highest BCUT2D eigenvalue weighted by atomic mass is 19.4. The van der Waals surface area contributed by atoms with Crippen LogP contribution in [0.2, 0.25) is 0 Å². The number of hydrogen-bond acceptors (Lipinski definition) is 4. The number of para-hydroxylation sites is 1. The summed E-state index contributed by atoms with van der Waals surface area (Å²) in [6, 6.07) is 13.3. The predicted molar refractivity (Wildman–Crippen MR) is 118 cm³/mol. The fraction of sp³-hybridized carbons (Fsp3) is 0.308. The zero-order chi connectivity index (χ0) is 23.6. The third-order valence-corrected chi connectivity index (χ3v) is 7.20. The number of alkyl halides is 3. The summed E-state index contributed by atoms with van der Waals surface area (Å²) in [6.07, 6.45) is -1.31. The fourth-order valence-corrected chi connectivity index (χ4v) is 5.55. The van der Waals surface area contributed by atoms with Crippen LogP contribution in [0.25, 0.3) is 0 Å². The molecule has 0 spiro atoms. The number of halogens is 3. The zero-order valence-corrected chi connectivity index (χ0v) is 18.0. The van der Waals surface area contributed by atoms with Crippen LogP contribution in [0.15, 0.2) is 54.7 Å². The van der Waals surface area contributed by atoms with Gasteiger partial charge in [0.05, 0.1) is 17.2 Å². The van der Waals surface area contributed by atoms with E-state index >= 15 is 0 Å². The van der Waals surface area contributed by atoms with Gasteiger partial charge in [0.1, 0.15) is 6.61 Å². The molecular weight excluding hydrogens is 445 g/mol. The average Bonchev–Trinajstić information content (AvgIpc) is 3.18. The molecule has 0 amide bonds. The van der Waals surface area contributed by atoms with Gasteiger partial charge >= 0.3 is 12.1 Å². The Morgan fingerprint density at radius 2 is 1.94 bits per heavy atom. The van der Waals surface area contributed by atoms with Gasteiger partial charge < -0.3 is 14.7 Å². The molecule has 3 atom stereocenters. The third kappa shape index (κ3) is 3.40. The monoisotopic (exact) mass is 466 g/mol. The molecule has 5 nitrogen and oxygen atoms in total. The first-order valence-corrected chi connectivity index (χ1v) is 11.2. The lowest BCUT2D eigenvalue weighted by molar-refractivity contribution is -0.139. The van der Waals surface area contributed by atoms with Crippen LogP contribution in [0.5, 0.6) is 5.88 Å². The van der Waals surface area contributed by atoms with Gasteiger partial charge in [-0.2, -0.15) is 13.2 Å². The van der Waals surface area contributed by atoms with E-state index in [1.165, 1.54) is 12.1 Å². The van der Waals surface area contributed by atoms with Gasteiger partial charge in [0, 0.05) is 30.4 Å². The van der Waals surface area contributed by atoms with E-state index in [9.17, 15) is 23.1 Å². The molecule has 1 N–H and O–H groups in total. The van der Waals surface area contributed by atoms with Crippen molar-refractivity contribution in [3.05, 3.63) is 82.5 Å². The Morgan fingerprint density at radius 3 is 2.74 bits per heavy atom. The highest BCUT2D eigenvalue weighted by Gasteiger charge is 2.59. The number of anilines is 2. The number of rotatable bonds is 5. The van der Waals surface area contributed by atoms with E-state index in [1.54, 1.807) is 17.2 Å². The quantitative estimate of drug-likeness (QED) is 0.550. The van der Waals surface area contributed by atoms with E-state index in [4.69, 9.17) is 4.74 Å². The summed E-state index contributed by atoms with van der Waals surface area (Å²) in [4.78, 5) is 17.4. The lowest BCUT2D eigenvalue weighted by Crippen LogP contribution is -2.19. The number of ether oxygens (including phenoxy) is 1. The first-order chi connectivity index (χ1) is 16.3. The summed E-state index contributed by atoms with van der Waals surface area (Å²) in [5, 5.41) is 9.26. The van der Waals surface area contributed by atoms with Crippen LogP contribution in [0.3, 0.4) is 0 Å². The first kappa shape index (κ1) is 21.0. The summed E-state index contributed by atoms with van der Waals surface area (Å²) in [5.74, 6) is -0.350. The van der Waals surface area contributed by atoms with Crippen LogP contribution < -0.4 is 9.64 Å². The second-order valence-electron chi connectivity index (χ2n) is 9.15. The van der Waals surface area contributed by atoms with Crippen molar-refractivity contribution in [2.24, 2.45) is 11.8 Å². The van der Waals surface area contributed by atoms with Crippen molar-refractivity contribution in [3.8, 4) is 5.88 Å². The SMILES string of the molecule is O=C(O)C1C2Cc3cc(OCc4ccc5c(c4)N(c4ccccc4C(F)(F)F)CC5)ncc3C21. The molecule has 3 unspecified atom stereocenters. The molecule has 2 aromatic carbocycles. The summed E-state index contributed by atoms with van der Waals surface area (Å²) in [5.41, 5.74) is 4.21. The van der Waals surface area contributed by atoms with Gasteiger partial charge in [-0.25, -0.2) is 4.98 Å². The first-order valence-electron chi connectivity index (χ1n) is 11.2. The number of nitrogens with zero attached hydrogens (tertiary/aromatic N) is 2. The molecule has 6 rings (SSSR count). The lowest BCUT2D eigenvalue weighted by atomic mass is 10.0. The molecule has 34 heavy (non-hydrogen) atoms. The number of benzene rings is 2. The standard InChI is InChI=1S/C26H21F3N2O3/c27-26(28,29)19-3-1-2-4-20(19)31-8-7-15-6-5-14(9-21(15)31)13-34-22-11-16-10-17-23(18(16)12-30-22)24(17)25(32)33/h1-6,9,11-12,17,23-24H,7-8,10,13H2,(H,32,33). The van der Waals surface area contributed by atoms with Gasteiger partial charge in [-0.1, -0.05) is 24.3 Å². The van der Waals surface area contributed by atoms with Crippen molar-refractivity contribution < 1.29 is 27.8 Å². The Labute approximate surface area is 193 Å². The second kappa shape index (κ2) is 7.48. The van der Waals surface area contributed by atoms with Crippen molar-refractivity contribution in [2.45, 2.75) is 31.5 Å². The van der Waals surface area contributed by atoms with Gasteiger partial charge in [-0.15, -0.1) is 0 Å². The summed E-state index contributed by atoms with van der Waals surface area (Å²) in [7, 11) is 0. The Balaban J connectivity index is 1.20. The van der Waals surface area contributed by atoms with Crippen LogP contribution in [0.4, 0.5) is 24.5 Å². The highest BCUT2D eigenvalue weighted by Crippen LogP contribution is 2.61. The minimum absolute atomic E-state index is 0.0660. The maximum Gasteiger partial charge on any atom is 0.418 e. The molecule has 3 aromatic rings. The maximum absolute atomic E-state index is 13.6. The largest absolute Gasteiger partial charge is 0.481 e. The number of carboxylic acid groups (broad SMARTS) is 1. The van der Waals surface area contributed by atoms with Crippen LogP contribution >= 0.6 is 0 Å². The highest BCUT2D eigenvalue weighted by molar-refractivity contribution is 5.78. The molecule has 1 aromatic heterocycles. The summed E-state index contributed by atoms with van der Waals surface area (Å²) < 4.78 is 46.6. The fourth-order valence-electron chi connectivity index (χ4n) is 5.55. The van der Waals surface area contributed by atoms with E-state index in [0.717, 1.165) is 40.4 Å². The van der Waals surface area contributed by atoms with Crippen LogP contribution in [-0.2, 0) is 30.4 Å². The molecule has 2 aliphatic carbocycles. The minimum atomic E-state index is -4.43. The van der Waals surface area contributed by atoms with Gasteiger partial charge in [0.2, 0.25) is 5.88 Å².